The van der Waals surface area contributed by atoms with E-state index in [4.69, 9.17) is 0 Å². The van der Waals surface area contributed by atoms with Crippen LogP contribution in [0.3, 0.4) is 0 Å². The molecule has 0 N–H and O–H groups in total. The second-order valence-corrected chi connectivity index (χ2v) is 12.3. The van der Waals surface area contributed by atoms with Crippen LogP contribution in [0.25, 0.3) is 77.2 Å². The number of nitrogens with zero attached hydrogens (tertiary/aromatic N) is 5. The molecule has 5 heteroatoms. The third kappa shape index (κ3) is 4.31. The number of hydrogen-bond acceptors (Lipinski definition) is 3. The summed E-state index contributed by atoms with van der Waals surface area (Å²) in [5, 5.41) is 34.2. The molecule has 0 bridgehead atoms. The summed E-state index contributed by atoms with van der Waals surface area (Å²) in [6.45, 7) is 0. The zero-order valence-corrected chi connectivity index (χ0v) is 26.7. The summed E-state index contributed by atoms with van der Waals surface area (Å²) in [7, 11) is 0. The fourth-order valence-corrected chi connectivity index (χ4v) is 7.44. The van der Waals surface area contributed by atoms with Crippen molar-refractivity contribution in [3.8, 4) is 51.8 Å². The standard InChI is InChI=1S/C45H25N5/c46-26-29-16-23-44-40(24-29)38-11-3-5-14-42(38)49(44)34-21-22-35(33(25-34)28-48)30-17-19-31(20-18-30)36-9-1-4-13-41(36)50-43-15-6-2-10-37(43)39-12-7-8-32(27-47)45(39)50/h1-25H. The van der Waals surface area contributed by atoms with E-state index >= 15 is 0 Å². The molecule has 2 aromatic heterocycles. The van der Waals surface area contributed by atoms with Gasteiger partial charge in [0.2, 0.25) is 0 Å². The van der Waals surface area contributed by atoms with Crippen molar-refractivity contribution in [2.45, 2.75) is 0 Å². The molecule has 0 atom stereocenters. The Hall–Kier alpha value is -7.39. The number of para-hydroxylation sites is 4. The minimum atomic E-state index is 0.574. The van der Waals surface area contributed by atoms with Gasteiger partial charge in [-0.15, -0.1) is 0 Å². The lowest BCUT2D eigenvalue weighted by molar-refractivity contribution is 1.18. The SMILES string of the molecule is N#Cc1ccc2c(c1)c1ccccc1n2-c1ccc(-c2ccc(-c3ccccc3-n3c4ccccc4c4cccc(C#N)c43)cc2)c(C#N)c1. The summed E-state index contributed by atoms with van der Waals surface area (Å²) in [4.78, 5) is 0. The highest BCUT2D eigenvalue weighted by molar-refractivity contribution is 6.12. The Labute approximate surface area is 287 Å². The third-order valence-electron chi connectivity index (χ3n) is 9.65. The minimum Gasteiger partial charge on any atom is -0.309 e. The second kappa shape index (κ2) is 11.4. The Bertz CT molecular complexity index is 2960. The molecule has 9 aromatic rings. The van der Waals surface area contributed by atoms with Crippen molar-refractivity contribution < 1.29 is 0 Å². The number of aromatic nitrogens is 2. The van der Waals surface area contributed by atoms with Crippen LogP contribution in [0.2, 0.25) is 0 Å². The fourth-order valence-electron chi connectivity index (χ4n) is 7.44. The van der Waals surface area contributed by atoms with Crippen LogP contribution >= 0.6 is 0 Å². The van der Waals surface area contributed by atoms with Crippen LogP contribution in [-0.2, 0) is 0 Å². The van der Waals surface area contributed by atoms with E-state index in [1.807, 2.05) is 78.9 Å². The van der Waals surface area contributed by atoms with Crippen LogP contribution < -0.4 is 0 Å². The molecule has 0 radical (unpaired) electrons. The summed E-state index contributed by atoms with van der Waals surface area (Å²) < 4.78 is 4.36. The van der Waals surface area contributed by atoms with Gasteiger partial charge in [0.25, 0.3) is 0 Å². The van der Waals surface area contributed by atoms with E-state index in [2.05, 4.69) is 100 Å². The van der Waals surface area contributed by atoms with Crippen molar-refractivity contribution in [2.24, 2.45) is 0 Å². The molecule has 7 aromatic carbocycles. The molecule has 0 amide bonds. The van der Waals surface area contributed by atoms with Crippen LogP contribution in [-0.4, -0.2) is 9.13 Å². The van der Waals surface area contributed by atoms with E-state index in [9.17, 15) is 15.8 Å². The summed E-state index contributed by atoms with van der Waals surface area (Å²) in [5.41, 5.74) is 11.5. The Morgan fingerprint density at radius 3 is 1.76 bits per heavy atom. The van der Waals surface area contributed by atoms with E-state index < -0.39 is 0 Å². The molecular weight excluding hydrogens is 611 g/mol. The fraction of sp³-hybridized carbons (Fsp3) is 0. The average molecular weight is 636 g/mol. The molecule has 2 heterocycles. The zero-order chi connectivity index (χ0) is 33.8. The predicted octanol–water partition coefficient (Wildman–Crippen LogP) is 10.8. The summed E-state index contributed by atoms with van der Waals surface area (Å²) in [5.74, 6) is 0. The molecule has 50 heavy (non-hydrogen) atoms. The lowest BCUT2D eigenvalue weighted by Gasteiger charge is -2.15. The average Bonchev–Trinajstić information content (AvgIpc) is 3.70. The maximum Gasteiger partial charge on any atom is 0.101 e. The number of fused-ring (bicyclic) bond motifs is 6. The van der Waals surface area contributed by atoms with E-state index in [1.165, 1.54) is 0 Å². The van der Waals surface area contributed by atoms with E-state index in [0.29, 0.717) is 16.7 Å². The van der Waals surface area contributed by atoms with E-state index in [1.54, 1.807) is 0 Å². The third-order valence-corrected chi connectivity index (χ3v) is 9.65. The van der Waals surface area contributed by atoms with Crippen molar-refractivity contribution >= 4 is 43.6 Å². The van der Waals surface area contributed by atoms with Gasteiger partial charge in [-0.2, -0.15) is 15.8 Å². The van der Waals surface area contributed by atoms with Crippen LogP contribution in [0.5, 0.6) is 0 Å². The largest absolute Gasteiger partial charge is 0.309 e. The Morgan fingerprint density at radius 1 is 0.400 bits per heavy atom. The molecule has 0 saturated carbocycles. The monoisotopic (exact) mass is 635 g/mol. The molecule has 0 fully saturated rings. The molecular formula is C45H25N5. The molecule has 0 aliphatic carbocycles. The quantitative estimate of drug-likeness (QED) is 0.193. The predicted molar refractivity (Wildman–Crippen MR) is 200 cm³/mol. The van der Waals surface area contributed by atoms with Crippen LogP contribution in [0, 0.1) is 34.0 Å². The summed E-state index contributed by atoms with van der Waals surface area (Å²) in [6.07, 6.45) is 0. The van der Waals surface area contributed by atoms with Gasteiger partial charge >= 0.3 is 0 Å². The van der Waals surface area contributed by atoms with Crippen molar-refractivity contribution in [1.29, 1.82) is 15.8 Å². The van der Waals surface area contributed by atoms with E-state index in [0.717, 1.165) is 77.2 Å². The highest BCUT2D eigenvalue weighted by Crippen LogP contribution is 2.39. The van der Waals surface area contributed by atoms with Gasteiger partial charge in [0.1, 0.15) is 6.07 Å². The first-order chi connectivity index (χ1) is 24.7. The molecule has 0 saturated heterocycles. The van der Waals surface area contributed by atoms with Crippen molar-refractivity contribution in [2.75, 3.05) is 0 Å². The number of rotatable bonds is 4. The van der Waals surface area contributed by atoms with Gasteiger partial charge in [-0.05, 0) is 71.3 Å². The molecule has 0 unspecified atom stereocenters. The minimum absolute atomic E-state index is 0.574. The lowest BCUT2D eigenvalue weighted by Crippen LogP contribution is -1.98. The molecule has 9 rings (SSSR count). The number of hydrogen-bond donors (Lipinski definition) is 0. The highest BCUT2D eigenvalue weighted by atomic mass is 15.0. The molecule has 0 spiro atoms. The molecule has 5 nitrogen and oxygen atoms in total. The van der Waals surface area contributed by atoms with Crippen LogP contribution in [0.4, 0.5) is 0 Å². The molecule has 0 aliphatic rings. The van der Waals surface area contributed by atoms with Gasteiger partial charge < -0.3 is 9.13 Å². The van der Waals surface area contributed by atoms with Crippen LogP contribution in [0.1, 0.15) is 16.7 Å². The normalized spacial score (nSPS) is 11.1. The van der Waals surface area contributed by atoms with Crippen molar-refractivity contribution in [1.82, 2.24) is 9.13 Å². The van der Waals surface area contributed by atoms with Gasteiger partial charge in [-0.25, -0.2) is 0 Å². The second-order valence-electron chi connectivity index (χ2n) is 12.3. The van der Waals surface area contributed by atoms with Crippen LogP contribution in [0.15, 0.2) is 152 Å². The first-order valence-electron chi connectivity index (χ1n) is 16.3. The zero-order valence-electron chi connectivity index (χ0n) is 26.7. The smallest absolute Gasteiger partial charge is 0.101 e. The Morgan fingerprint density at radius 2 is 1.02 bits per heavy atom. The van der Waals surface area contributed by atoms with Crippen molar-refractivity contribution in [3.63, 3.8) is 0 Å². The number of nitriles is 3. The van der Waals surface area contributed by atoms with Gasteiger partial charge in [0.05, 0.1) is 56.6 Å². The highest BCUT2D eigenvalue weighted by Gasteiger charge is 2.19. The van der Waals surface area contributed by atoms with Gasteiger partial charge in [-0.1, -0.05) is 97.1 Å². The Balaban J connectivity index is 1.15. The molecule has 230 valence electrons. The van der Waals surface area contributed by atoms with Gasteiger partial charge in [0.15, 0.2) is 0 Å². The summed E-state index contributed by atoms with van der Waals surface area (Å²) in [6, 6.07) is 57.8. The first kappa shape index (κ1) is 28.8. The maximum atomic E-state index is 10.4. The first-order valence-corrected chi connectivity index (χ1v) is 16.3. The summed E-state index contributed by atoms with van der Waals surface area (Å²) >= 11 is 0. The van der Waals surface area contributed by atoms with Crippen molar-refractivity contribution in [3.05, 3.63) is 168 Å². The lowest BCUT2D eigenvalue weighted by atomic mass is 9.96. The van der Waals surface area contributed by atoms with E-state index in [-0.39, 0.29) is 0 Å². The topological polar surface area (TPSA) is 81.2 Å². The van der Waals surface area contributed by atoms with Gasteiger partial charge in [-0.3, -0.25) is 0 Å². The van der Waals surface area contributed by atoms with Gasteiger partial charge in [0, 0.05) is 32.8 Å². The Kier molecular flexibility index (Phi) is 6.56. The maximum absolute atomic E-state index is 10.4. The number of benzene rings is 7. The molecule has 0 aliphatic heterocycles.